The summed E-state index contributed by atoms with van der Waals surface area (Å²) >= 11 is 6.38. The maximum absolute atomic E-state index is 6.38. The quantitative estimate of drug-likeness (QED) is 0.896. The lowest BCUT2D eigenvalue weighted by atomic mass is 10.1. The van der Waals surface area contributed by atoms with Gasteiger partial charge < -0.3 is 10.6 Å². The second-order valence-corrected chi connectivity index (χ2v) is 5.57. The Morgan fingerprint density at radius 1 is 1.41 bits per heavy atom. The van der Waals surface area contributed by atoms with Crippen molar-refractivity contribution in [3.05, 3.63) is 28.8 Å². The van der Waals surface area contributed by atoms with Crippen LogP contribution >= 0.6 is 11.6 Å². The van der Waals surface area contributed by atoms with Gasteiger partial charge in [0.1, 0.15) is 0 Å². The smallest absolute Gasteiger partial charge is 0.0642 e. The number of hydrogen-bond donors (Lipinski definition) is 1. The van der Waals surface area contributed by atoms with Crippen LogP contribution in [0.4, 0.5) is 5.69 Å². The third-order valence-corrected chi connectivity index (χ3v) is 3.84. The molecule has 2 N–H and O–H groups in total. The molecule has 0 saturated carbocycles. The van der Waals surface area contributed by atoms with E-state index >= 15 is 0 Å². The predicted octanol–water partition coefficient (Wildman–Crippen LogP) is 3.08. The van der Waals surface area contributed by atoms with Gasteiger partial charge >= 0.3 is 0 Å². The number of anilines is 1. The minimum atomic E-state index is 0.586. The summed E-state index contributed by atoms with van der Waals surface area (Å²) in [6.07, 6.45) is 2.15. The van der Waals surface area contributed by atoms with E-state index in [1.807, 2.05) is 0 Å². The fourth-order valence-corrected chi connectivity index (χ4v) is 3.05. The molecule has 2 rings (SSSR count). The number of rotatable bonds is 3. The van der Waals surface area contributed by atoms with Gasteiger partial charge in [-0.1, -0.05) is 24.6 Å². The minimum Gasteiger partial charge on any atom is -0.367 e. The molecule has 0 radical (unpaired) electrons. The number of nitrogens with two attached hydrogens (primary N) is 1. The summed E-state index contributed by atoms with van der Waals surface area (Å²) in [5.41, 5.74) is 7.95. The lowest BCUT2D eigenvalue weighted by Gasteiger charge is -2.25. The lowest BCUT2D eigenvalue weighted by molar-refractivity contribution is 0.625. The highest BCUT2D eigenvalue weighted by Crippen LogP contribution is 2.34. The zero-order valence-corrected chi connectivity index (χ0v) is 11.4. The topological polar surface area (TPSA) is 29.3 Å². The van der Waals surface area contributed by atoms with E-state index in [0.717, 1.165) is 23.9 Å². The van der Waals surface area contributed by atoms with Crippen molar-refractivity contribution in [2.45, 2.75) is 32.7 Å². The van der Waals surface area contributed by atoms with Crippen LogP contribution < -0.4 is 10.6 Å². The predicted molar refractivity (Wildman–Crippen MR) is 74.8 cm³/mol. The van der Waals surface area contributed by atoms with Crippen molar-refractivity contribution < 1.29 is 0 Å². The van der Waals surface area contributed by atoms with Crippen molar-refractivity contribution in [1.29, 1.82) is 0 Å². The van der Waals surface area contributed by atoms with E-state index in [1.54, 1.807) is 0 Å². The summed E-state index contributed by atoms with van der Waals surface area (Å²) in [6, 6.07) is 6.92. The van der Waals surface area contributed by atoms with Crippen LogP contribution in [0, 0.1) is 5.92 Å². The summed E-state index contributed by atoms with van der Waals surface area (Å²) < 4.78 is 0. The molecule has 1 aliphatic heterocycles. The van der Waals surface area contributed by atoms with Crippen LogP contribution in [0.5, 0.6) is 0 Å². The minimum absolute atomic E-state index is 0.586. The Morgan fingerprint density at radius 3 is 2.71 bits per heavy atom. The molecule has 2 atom stereocenters. The third-order valence-electron chi connectivity index (χ3n) is 3.54. The van der Waals surface area contributed by atoms with Crippen molar-refractivity contribution in [3.63, 3.8) is 0 Å². The van der Waals surface area contributed by atoms with Crippen LogP contribution in [0.15, 0.2) is 18.2 Å². The Labute approximate surface area is 109 Å². The van der Waals surface area contributed by atoms with Gasteiger partial charge in [0.05, 0.1) is 10.7 Å². The normalized spacial score (nSPS) is 24.4. The molecule has 94 valence electrons. The number of benzene rings is 1. The maximum atomic E-state index is 6.38. The molecule has 1 aliphatic rings. The first-order chi connectivity index (χ1) is 8.11. The highest BCUT2D eigenvalue weighted by atomic mass is 35.5. The molecule has 0 aliphatic carbocycles. The molecule has 1 fully saturated rings. The molecule has 0 bridgehead atoms. The van der Waals surface area contributed by atoms with E-state index in [9.17, 15) is 0 Å². The highest BCUT2D eigenvalue weighted by Gasteiger charge is 2.27. The first-order valence-electron chi connectivity index (χ1n) is 6.37. The standard InChI is InChI=1S/C14H21ClN2/c1-10-7-11(2)17(9-10)14-4-3-12(5-6-16)8-13(14)15/h3-4,8,10-11H,5-7,9,16H2,1-2H3. The van der Waals surface area contributed by atoms with Gasteiger partial charge in [-0.2, -0.15) is 0 Å². The molecule has 17 heavy (non-hydrogen) atoms. The first kappa shape index (κ1) is 12.7. The number of hydrogen-bond acceptors (Lipinski definition) is 2. The summed E-state index contributed by atoms with van der Waals surface area (Å²) in [6.45, 7) is 6.35. The molecular weight excluding hydrogens is 232 g/mol. The summed E-state index contributed by atoms with van der Waals surface area (Å²) in [4.78, 5) is 2.42. The van der Waals surface area contributed by atoms with Crippen molar-refractivity contribution >= 4 is 17.3 Å². The van der Waals surface area contributed by atoms with Crippen LogP contribution in [-0.2, 0) is 6.42 Å². The first-order valence-corrected chi connectivity index (χ1v) is 6.74. The Kier molecular flexibility index (Phi) is 3.95. The average molecular weight is 253 g/mol. The van der Waals surface area contributed by atoms with Crippen molar-refractivity contribution in [1.82, 2.24) is 0 Å². The number of nitrogens with zero attached hydrogens (tertiary/aromatic N) is 1. The monoisotopic (exact) mass is 252 g/mol. The SMILES string of the molecule is CC1CC(C)N(c2ccc(CCN)cc2Cl)C1. The summed E-state index contributed by atoms with van der Waals surface area (Å²) in [5, 5.41) is 0.858. The van der Waals surface area contributed by atoms with Crippen LogP contribution in [0.3, 0.4) is 0 Å². The molecule has 1 aromatic carbocycles. The van der Waals surface area contributed by atoms with Crippen molar-refractivity contribution in [2.75, 3.05) is 18.0 Å². The van der Waals surface area contributed by atoms with Gasteiger partial charge in [0.25, 0.3) is 0 Å². The molecule has 0 aromatic heterocycles. The Balaban J connectivity index is 2.21. The van der Waals surface area contributed by atoms with E-state index in [4.69, 9.17) is 17.3 Å². The van der Waals surface area contributed by atoms with E-state index in [0.29, 0.717) is 12.6 Å². The fourth-order valence-electron chi connectivity index (χ4n) is 2.74. The third kappa shape index (κ3) is 2.75. The van der Waals surface area contributed by atoms with Crippen molar-refractivity contribution in [2.24, 2.45) is 11.7 Å². The second kappa shape index (κ2) is 5.28. The van der Waals surface area contributed by atoms with E-state index in [2.05, 4.69) is 36.9 Å². The zero-order valence-electron chi connectivity index (χ0n) is 10.6. The van der Waals surface area contributed by atoms with Gasteiger partial charge in [-0.3, -0.25) is 0 Å². The maximum Gasteiger partial charge on any atom is 0.0642 e. The molecule has 2 unspecified atom stereocenters. The van der Waals surface area contributed by atoms with Gasteiger partial charge in [-0.05, 0) is 49.9 Å². The zero-order chi connectivity index (χ0) is 12.4. The molecule has 0 spiro atoms. The van der Waals surface area contributed by atoms with Crippen LogP contribution in [-0.4, -0.2) is 19.1 Å². The second-order valence-electron chi connectivity index (χ2n) is 5.17. The average Bonchev–Trinajstić information content (AvgIpc) is 2.58. The number of halogens is 1. The fraction of sp³-hybridized carbons (Fsp3) is 0.571. The Bertz CT molecular complexity index is 392. The van der Waals surface area contributed by atoms with Crippen LogP contribution in [0.2, 0.25) is 5.02 Å². The largest absolute Gasteiger partial charge is 0.367 e. The molecule has 0 amide bonds. The molecule has 3 heteroatoms. The summed E-state index contributed by atoms with van der Waals surface area (Å²) in [7, 11) is 0. The van der Waals surface area contributed by atoms with E-state index in [-0.39, 0.29) is 0 Å². The van der Waals surface area contributed by atoms with Gasteiger partial charge in [-0.15, -0.1) is 0 Å². The summed E-state index contributed by atoms with van der Waals surface area (Å²) in [5.74, 6) is 0.754. The van der Waals surface area contributed by atoms with Crippen LogP contribution in [0.1, 0.15) is 25.8 Å². The molecule has 1 aromatic rings. The Hall–Kier alpha value is -0.730. The molecule has 1 saturated heterocycles. The lowest BCUT2D eigenvalue weighted by Crippen LogP contribution is -2.26. The molecule has 1 heterocycles. The van der Waals surface area contributed by atoms with Crippen LogP contribution in [0.25, 0.3) is 0 Å². The van der Waals surface area contributed by atoms with E-state index in [1.165, 1.54) is 17.7 Å². The highest BCUT2D eigenvalue weighted by molar-refractivity contribution is 6.33. The van der Waals surface area contributed by atoms with Gasteiger partial charge in [0.15, 0.2) is 0 Å². The van der Waals surface area contributed by atoms with Gasteiger partial charge in [0.2, 0.25) is 0 Å². The van der Waals surface area contributed by atoms with Gasteiger partial charge in [-0.25, -0.2) is 0 Å². The van der Waals surface area contributed by atoms with E-state index < -0.39 is 0 Å². The van der Waals surface area contributed by atoms with Crippen molar-refractivity contribution in [3.8, 4) is 0 Å². The Morgan fingerprint density at radius 2 is 2.18 bits per heavy atom. The molecular formula is C14H21ClN2. The van der Waals surface area contributed by atoms with Gasteiger partial charge in [0, 0.05) is 12.6 Å². The molecule has 2 nitrogen and oxygen atoms in total.